The number of alkyl halides is 2. The highest BCUT2D eigenvalue weighted by molar-refractivity contribution is 5.92. The molecule has 1 saturated heterocycles. The van der Waals surface area contributed by atoms with E-state index in [4.69, 9.17) is 13.8 Å². The van der Waals surface area contributed by atoms with E-state index in [-0.39, 0.29) is 11.7 Å². The molecule has 2 aromatic heterocycles. The number of aryl methyl sites for hydroxylation is 1. The van der Waals surface area contributed by atoms with Crippen LogP contribution in [0.5, 0.6) is 0 Å². The van der Waals surface area contributed by atoms with E-state index < -0.39 is 30.8 Å². The van der Waals surface area contributed by atoms with Gasteiger partial charge in [0.2, 0.25) is 11.7 Å². The standard InChI is InChI=1S/C14H16F2N4O4/c1-8-5-10(23-18-8)13(21)20-7-14(15,16)6-9(20)12-17-11(19-24-12)3-4-22-2/h5,9H,3-4,6-7H2,1-2H3/t9-/m0/s1. The van der Waals surface area contributed by atoms with Crippen LogP contribution in [0.3, 0.4) is 0 Å². The number of rotatable bonds is 5. The molecule has 1 fully saturated rings. The minimum atomic E-state index is -3.05. The van der Waals surface area contributed by atoms with Crippen LogP contribution in [0.4, 0.5) is 8.78 Å². The first kappa shape index (κ1) is 16.5. The third-order valence-electron chi connectivity index (χ3n) is 3.67. The van der Waals surface area contributed by atoms with Crippen molar-refractivity contribution in [2.75, 3.05) is 20.3 Å². The Morgan fingerprint density at radius 2 is 2.25 bits per heavy atom. The number of hydrogen-bond donors (Lipinski definition) is 0. The molecule has 10 heteroatoms. The van der Waals surface area contributed by atoms with E-state index in [2.05, 4.69) is 15.3 Å². The summed E-state index contributed by atoms with van der Waals surface area (Å²) in [5, 5.41) is 7.34. The average molecular weight is 342 g/mol. The van der Waals surface area contributed by atoms with Gasteiger partial charge in [0.25, 0.3) is 11.8 Å². The molecule has 3 heterocycles. The predicted octanol–water partition coefficient (Wildman–Crippen LogP) is 1.78. The van der Waals surface area contributed by atoms with Gasteiger partial charge in [-0.2, -0.15) is 4.98 Å². The zero-order chi connectivity index (χ0) is 17.3. The first-order valence-electron chi connectivity index (χ1n) is 7.33. The van der Waals surface area contributed by atoms with Crippen LogP contribution in [0.15, 0.2) is 15.1 Å². The smallest absolute Gasteiger partial charge is 0.293 e. The fraction of sp³-hybridized carbons (Fsp3) is 0.571. The molecule has 8 nitrogen and oxygen atoms in total. The molecule has 0 saturated carbocycles. The van der Waals surface area contributed by atoms with E-state index in [0.717, 1.165) is 4.90 Å². The van der Waals surface area contributed by atoms with Crippen LogP contribution in [-0.4, -0.2) is 52.3 Å². The zero-order valence-corrected chi connectivity index (χ0v) is 13.2. The summed E-state index contributed by atoms with van der Waals surface area (Å²) in [6.45, 7) is 1.27. The minimum absolute atomic E-state index is 0.0251. The van der Waals surface area contributed by atoms with E-state index in [0.29, 0.717) is 24.5 Å². The van der Waals surface area contributed by atoms with E-state index >= 15 is 0 Å². The van der Waals surface area contributed by atoms with Crippen molar-refractivity contribution in [3.05, 3.63) is 29.2 Å². The highest BCUT2D eigenvalue weighted by Gasteiger charge is 2.50. The van der Waals surface area contributed by atoms with Crippen molar-refractivity contribution in [1.29, 1.82) is 0 Å². The van der Waals surface area contributed by atoms with Gasteiger partial charge in [-0.15, -0.1) is 0 Å². The van der Waals surface area contributed by atoms with Gasteiger partial charge in [-0.1, -0.05) is 10.3 Å². The number of ether oxygens (including phenoxy) is 1. The lowest BCUT2D eigenvalue weighted by molar-refractivity contribution is 0.0112. The van der Waals surface area contributed by atoms with Crippen molar-refractivity contribution in [3.63, 3.8) is 0 Å². The summed E-state index contributed by atoms with van der Waals surface area (Å²) >= 11 is 0. The number of amides is 1. The molecule has 0 N–H and O–H groups in total. The van der Waals surface area contributed by atoms with Crippen LogP contribution in [0.25, 0.3) is 0 Å². The molecule has 0 bridgehead atoms. The van der Waals surface area contributed by atoms with Gasteiger partial charge < -0.3 is 18.7 Å². The molecular weight excluding hydrogens is 326 g/mol. The summed E-state index contributed by atoms with van der Waals surface area (Å²) in [4.78, 5) is 17.5. The van der Waals surface area contributed by atoms with Crippen molar-refractivity contribution in [1.82, 2.24) is 20.2 Å². The summed E-state index contributed by atoms with van der Waals surface area (Å²) < 4.78 is 42.6. The molecule has 2 aromatic rings. The molecule has 1 amide bonds. The molecule has 0 aliphatic carbocycles. The molecule has 1 aliphatic heterocycles. The average Bonchev–Trinajstić information content (AvgIpc) is 3.22. The summed E-state index contributed by atoms with van der Waals surface area (Å²) in [6, 6.07) is 0.384. The van der Waals surface area contributed by atoms with Gasteiger partial charge >= 0.3 is 0 Å². The maximum absolute atomic E-state index is 13.9. The largest absolute Gasteiger partial charge is 0.384 e. The van der Waals surface area contributed by atoms with Gasteiger partial charge in [0.05, 0.1) is 18.8 Å². The zero-order valence-electron chi connectivity index (χ0n) is 13.2. The Kier molecular flexibility index (Phi) is 4.31. The molecule has 0 aromatic carbocycles. The summed E-state index contributed by atoms with van der Waals surface area (Å²) in [7, 11) is 1.53. The number of carbonyl (C=O) groups excluding carboxylic acids is 1. The number of methoxy groups -OCH3 is 1. The molecule has 24 heavy (non-hydrogen) atoms. The molecule has 0 spiro atoms. The Labute approximate surface area is 135 Å². The van der Waals surface area contributed by atoms with Crippen LogP contribution >= 0.6 is 0 Å². The summed E-state index contributed by atoms with van der Waals surface area (Å²) in [6.07, 6.45) is -0.198. The number of aromatic nitrogens is 3. The Hall–Kier alpha value is -2.36. The Morgan fingerprint density at radius 3 is 2.92 bits per heavy atom. The molecule has 1 aliphatic rings. The van der Waals surface area contributed by atoms with Crippen molar-refractivity contribution in [3.8, 4) is 0 Å². The number of halogens is 2. The van der Waals surface area contributed by atoms with Crippen LogP contribution in [0.1, 0.15) is 40.4 Å². The first-order valence-corrected chi connectivity index (χ1v) is 7.33. The van der Waals surface area contributed by atoms with Crippen LogP contribution in [0, 0.1) is 6.92 Å². The lowest BCUT2D eigenvalue weighted by Crippen LogP contribution is -2.32. The summed E-state index contributed by atoms with van der Waals surface area (Å²) in [5.74, 6) is -3.52. The van der Waals surface area contributed by atoms with Gasteiger partial charge in [0, 0.05) is 26.0 Å². The van der Waals surface area contributed by atoms with Crippen LogP contribution < -0.4 is 0 Å². The maximum atomic E-state index is 13.9. The Morgan fingerprint density at radius 1 is 1.46 bits per heavy atom. The number of hydrogen-bond acceptors (Lipinski definition) is 7. The molecule has 130 valence electrons. The molecule has 3 rings (SSSR count). The lowest BCUT2D eigenvalue weighted by atomic mass is 10.2. The second-order valence-corrected chi connectivity index (χ2v) is 5.63. The van der Waals surface area contributed by atoms with Gasteiger partial charge in [-0.25, -0.2) is 8.78 Å². The normalized spacial score (nSPS) is 19.8. The van der Waals surface area contributed by atoms with Gasteiger partial charge in [0.15, 0.2) is 5.82 Å². The highest BCUT2D eigenvalue weighted by atomic mass is 19.3. The molecular formula is C14H16F2N4O4. The Bertz CT molecular complexity index is 730. The van der Waals surface area contributed by atoms with E-state index in [1.165, 1.54) is 13.2 Å². The van der Waals surface area contributed by atoms with Crippen molar-refractivity contribution < 1.29 is 27.4 Å². The first-order chi connectivity index (χ1) is 11.4. The summed E-state index contributed by atoms with van der Waals surface area (Å²) in [5.41, 5.74) is 0.487. The second-order valence-electron chi connectivity index (χ2n) is 5.63. The van der Waals surface area contributed by atoms with Crippen molar-refractivity contribution in [2.45, 2.75) is 31.7 Å². The number of likely N-dealkylation sites (tertiary alicyclic amines) is 1. The second kappa shape index (κ2) is 6.27. The maximum Gasteiger partial charge on any atom is 0.293 e. The quantitative estimate of drug-likeness (QED) is 0.817. The van der Waals surface area contributed by atoms with Gasteiger partial charge in [-0.3, -0.25) is 4.79 Å². The van der Waals surface area contributed by atoms with E-state index in [9.17, 15) is 13.6 Å². The number of nitrogens with zero attached hydrogens (tertiary/aromatic N) is 4. The lowest BCUT2D eigenvalue weighted by Gasteiger charge is -2.19. The minimum Gasteiger partial charge on any atom is -0.384 e. The fourth-order valence-corrected chi connectivity index (χ4v) is 2.55. The number of carbonyl (C=O) groups is 1. The van der Waals surface area contributed by atoms with Gasteiger partial charge in [-0.05, 0) is 6.92 Å². The Balaban J connectivity index is 1.84. The van der Waals surface area contributed by atoms with Gasteiger partial charge in [0.1, 0.15) is 6.04 Å². The molecule has 1 atom stereocenters. The molecule has 0 radical (unpaired) electrons. The van der Waals surface area contributed by atoms with Crippen molar-refractivity contribution in [2.24, 2.45) is 0 Å². The SMILES string of the molecule is COCCc1noc([C@@H]2CC(F)(F)CN2C(=O)c2cc(C)no2)n1. The topological polar surface area (TPSA) is 94.5 Å². The van der Waals surface area contributed by atoms with Crippen LogP contribution in [0.2, 0.25) is 0 Å². The molecule has 0 unspecified atom stereocenters. The fourth-order valence-electron chi connectivity index (χ4n) is 2.55. The van der Waals surface area contributed by atoms with Crippen LogP contribution in [-0.2, 0) is 11.2 Å². The van der Waals surface area contributed by atoms with E-state index in [1.54, 1.807) is 6.92 Å². The third-order valence-corrected chi connectivity index (χ3v) is 3.67. The highest BCUT2D eigenvalue weighted by Crippen LogP contribution is 2.41. The third kappa shape index (κ3) is 3.28. The predicted molar refractivity (Wildman–Crippen MR) is 74.5 cm³/mol. The monoisotopic (exact) mass is 342 g/mol. The van der Waals surface area contributed by atoms with E-state index in [1.807, 2.05) is 0 Å². The van der Waals surface area contributed by atoms with Crippen molar-refractivity contribution >= 4 is 5.91 Å².